The Labute approximate surface area is 155 Å². The van der Waals surface area contributed by atoms with Crippen LogP contribution < -0.4 is 0 Å². The highest BCUT2D eigenvalue weighted by atomic mass is 14.1. The predicted molar refractivity (Wildman–Crippen MR) is 113 cm³/mol. The lowest BCUT2D eigenvalue weighted by Crippen LogP contribution is -1.88. The molecule has 0 amide bonds. The number of fused-ring (bicyclic) bond motifs is 1. The molecule has 0 fully saturated rings. The summed E-state index contributed by atoms with van der Waals surface area (Å²) < 4.78 is 0. The zero-order valence-electron chi connectivity index (χ0n) is 15.0. The molecule has 0 saturated carbocycles. The van der Waals surface area contributed by atoms with Crippen molar-refractivity contribution in [3.05, 3.63) is 114 Å². The van der Waals surface area contributed by atoms with Crippen LogP contribution in [0, 0.1) is 0 Å². The highest BCUT2D eigenvalue weighted by Crippen LogP contribution is 2.31. The van der Waals surface area contributed by atoms with Gasteiger partial charge in [0.05, 0.1) is 0 Å². The molecule has 0 aromatic heterocycles. The van der Waals surface area contributed by atoms with Crippen molar-refractivity contribution in [2.24, 2.45) is 0 Å². The number of benzene rings is 4. The van der Waals surface area contributed by atoms with Crippen molar-refractivity contribution in [2.75, 3.05) is 0 Å². The highest BCUT2D eigenvalue weighted by Gasteiger charge is 2.06. The molecule has 0 saturated heterocycles. The van der Waals surface area contributed by atoms with E-state index in [2.05, 4.69) is 116 Å². The smallest absolute Gasteiger partial charge is 0.000710 e. The molecule has 1 unspecified atom stereocenters. The van der Waals surface area contributed by atoms with Crippen LogP contribution in [0.15, 0.2) is 103 Å². The van der Waals surface area contributed by atoms with Crippen LogP contribution >= 0.6 is 0 Å². The van der Waals surface area contributed by atoms with E-state index in [4.69, 9.17) is 0 Å². The minimum absolute atomic E-state index is 0.392. The van der Waals surface area contributed by atoms with Gasteiger partial charge in [0.25, 0.3) is 0 Å². The molecule has 4 rings (SSSR count). The lowest BCUT2D eigenvalue weighted by molar-refractivity contribution is 0.973. The fourth-order valence-corrected chi connectivity index (χ4v) is 3.45. The van der Waals surface area contributed by atoms with Gasteiger partial charge in [-0.25, -0.2) is 0 Å². The Hall–Kier alpha value is -3.12. The van der Waals surface area contributed by atoms with Gasteiger partial charge >= 0.3 is 0 Å². The lowest BCUT2D eigenvalue weighted by atomic mass is 9.94. The van der Waals surface area contributed by atoms with Crippen molar-refractivity contribution in [2.45, 2.75) is 12.8 Å². The Morgan fingerprint density at radius 3 is 1.96 bits per heavy atom. The van der Waals surface area contributed by atoms with Crippen LogP contribution in [0.25, 0.3) is 28.0 Å². The maximum absolute atomic E-state index is 2.29. The maximum atomic E-state index is 2.29. The molecule has 0 radical (unpaired) electrons. The zero-order chi connectivity index (χ0) is 17.8. The molecule has 4 aromatic rings. The predicted octanol–water partition coefficient (Wildman–Crippen LogP) is 7.32. The second-order valence-corrected chi connectivity index (χ2v) is 6.67. The van der Waals surface area contributed by atoms with Crippen molar-refractivity contribution < 1.29 is 0 Å². The van der Waals surface area contributed by atoms with Crippen LogP contribution in [0.2, 0.25) is 0 Å². The van der Waals surface area contributed by atoms with Crippen molar-refractivity contribution in [1.82, 2.24) is 0 Å². The minimum Gasteiger partial charge on any atom is -0.0767 e. The summed E-state index contributed by atoms with van der Waals surface area (Å²) >= 11 is 0. The summed E-state index contributed by atoms with van der Waals surface area (Å²) in [5, 5.41) is 2.60. The van der Waals surface area contributed by atoms with Crippen LogP contribution in [0.1, 0.15) is 24.0 Å². The average Bonchev–Trinajstić information content (AvgIpc) is 2.73. The van der Waals surface area contributed by atoms with E-state index in [-0.39, 0.29) is 0 Å². The van der Waals surface area contributed by atoms with E-state index in [1.54, 1.807) is 0 Å². The Morgan fingerprint density at radius 2 is 1.23 bits per heavy atom. The first-order valence-electron chi connectivity index (χ1n) is 9.13. The topological polar surface area (TPSA) is 0 Å². The first kappa shape index (κ1) is 16.4. The van der Waals surface area contributed by atoms with Gasteiger partial charge in [-0.2, -0.15) is 0 Å². The van der Waals surface area contributed by atoms with Crippen molar-refractivity contribution in [3.63, 3.8) is 0 Å². The standard InChI is InChI=1S/C26H22/c1-20(21-10-4-2-5-11-21)16-17-23-18-19-25(22-12-6-3-7-13-22)26-15-9-8-14-24(23)26/h2-20H,1H3/b17-16+. The number of rotatable bonds is 4. The summed E-state index contributed by atoms with van der Waals surface area (Å²) in [5.74, 6) is 0.392. The highest BCUT2D eigenvalue weighted by molar-refractivity contribution is 6.01. The number of hydrogen-bond acceptors (Lipinski definition) is 0. The van der Waals surface area contributed by atoms with E-state index in [1.165, 1.54) is 33.0 Å². The van der Waals surface area contributed by atoms with Gasteiger partial charge in [0, 0.05) is 0 Å². The number of allylic oxidation sites excluding steroid dienone is 1. The third kappa shape index (κ3) is 3.32. The largest absolute Gasteiger partial charge is 0.0767 e. The number of hydrogen-bond donors (Lipinski definition) is 0. The lowest BCUT2D eigenvalue weighted by Gasteiger charge is -2.11. The maximum Gasteiger partial charge on any atom is -0.000710 e. The third-order valence-corrected chi connectivity index (χ3v) is 4.93. The molecule has 0 heteroatoms. The van der Waals surface area contributed by atoms with Crippen LogP contribution in [-0.2, 0) is 0 Å². The van der Waals surface area contributed by atoms with Gasteiger partial charge in [-0.3, -0.25) is 0 Å². The molecule has 0 bridgehead atoms. The molecule has 0 nitrogen and oxygen atoms in total. The molecule has 0 aliphatic carbocycles. The summed E-state index contributed by atoms with van der Waals surface area (Å²) in [5.41, 5.74) is 5.16. The van der Waals surface area contributed by atoms with Gasteiger partial charge in [-0.15, -0.1) is 0 Å². The van der Waals surface area contributed by atoms with Crippen LogP contribution in [0.3, 0.4) is 0 Å². The molecule has 0 N–H and O–H groups in total. The van der Waals surface area contributed by atoms with Crippen LogP contribution in [-0.4, -0.2) is 0 Å². The Bertz CT molecular complexity index is 1030. The molecule has 0 spiro atoms. The average molecular weight is 334 g/mol. The van der Waals surface area contributed by atoms with Gasteiger partial charge in [-0.05, 0) is 38.9 Å². The van der Waals surface area contributed by atoms with E-state index in [1.807, 2.05) is 0 Å². The quantitative estimate of drug-likeness (QED) is 0.366. The van der Waals surface area contributed by atoms with Crippen LogP contribution in [0.5, 0.6) is 0 Å². The van der Waals surface area contributed by atoms with Gasteiger partial charge in [0.15, 0.2) is 0 Å². The molecular weight excluding hydrogens is 312 g/mol. The molecule has 0 heterocycles. The SMILES string of the molecule is CC(/C=C/c1ccc(-c2ccccc2)c2ccccc12)c1ccccc1. The molecule has 4 aromatic carbocycles. The fraction of sp³-hybridized carbons (Fsp3) is 0.0769. The van der Waals surface area contributed by atoms with E-state index in [9.17, 15) is 0 Å². The molecule has 0 aliphatic rings. The van der Waals surface area contributed by atoms with Crippen molar-refractivity contribution in [1.29, 1.82) is 0 Å². The zero-order valence-corrected chi connectivity index (χ0v) is 15.0. The van der Waals surface area contributed by atoms with Crippen LogP contribution in [0.4, 0.5) is 0 Å². The van der Waals surface area contributed by atoms with Crippen molar-refractivity contribution >= 4 is 16.8 Å². The van der Waals surface area contributed by atoms with Gasteiger partial charge < -0.3 is 0 Å². The second-order valence-electron chi connectivity index (χ2n) is 6.67. The van der Waals surface area contributed by atoms with E-state index < -0.39 is 0 Å². The molecular formula is C26H22. The van der Waals surface area contributed by atoms with E-state index in [0.29, 0.717) is 5.92 Å². The third-order valence-electron chi connectivity index (χ3n) is 4.93. The van der Waals surface area contributed by atoms with E-state index in [0.717, 1.165) is 0 Å². The summed E-state index contributed by atoms with van der Waals surface area (Å²) in [6, 6.07) is 34.4. The molecule has 126 valence electrons. The Kier molecular flexibility index (Phi) is 4.66. The van der Waals surface area contributed by atoms with Gasteiger partial charge in [-0.1, -0.05) is 116 Å². The molecule has 0 aliphatic heterocycles. The van der Waals surface area contributed by atoms with Crippen molar-refractivity contribution in [3.8, 4) is 11.1 Å². The monoisotopic (exact) mass is 334 g/mol. The first-order valence-corrected chi connectivity index (χ1v) is 9.13. The van der Waals surface area contributed by atoms with E-state index >= 15 is 0 Å². The first-order chi connectivity index (χ1) is 12.8. The summed E-state index contributed by atoms with van der Waals surface area (Å²) in [4.78, 5) is 0. The normalized spacial score (nSPS) is 12.5. The van der Waals surface area contributed by atoms with Gasteiger partial charge in [0.2, 0.25) is 0 Å². The molecule has 1 atom stereocenters. The minimum atomic E-state index is 0.392. The fourth-order valence-electron chi connectivity index (χ4n) is 3.45. The molecule has 26 heavy (non-hydrogen) atoms. The summed E-state index contributed by atoms with van der Waals surface area (Å²) in [6.45, 7) is 2.24. The Balaban J connectivity index is 1.74. The second kappa shape index (κ2) is 7.41. The summed E-state index contributed by atoms with van der Waals surface area (Å²) in [6.07, 6.45) is 4.55. The Morgan fingerprint density at radius 1 is 0.615 bits per heavy atom. The summed E-state index contributed by atoms with van der Waals surface area (Å²) in [7, 11) is 0. The van der Waals surface area contributed by atoms with Gasteiger partial charge in [0.1, 0.15) is 0 Å².